The maximum Gasteiger partial charge on any atom is 0.310 e. The molecular formula is C13H18N2O2. The molecule has 1 saturated heterocycles. The average molecular weight is 234 g/mol. The first kappa shape index (κ1) is 11.9. The first-order valence-electron chi connectivity index (χ1n) is 5.97. The fourth-order valence-corrected chi connectivity index (χ4v) is 2.18. The van der Waals surface area contributed by atoms with E-state index in [1.54, 1.807) is 6.92 Å². The van der Waals surface area contributed by atoms with E-state index in [-0.39, 0.29) is 0 Å². The molecule has 92 valence electrons. The molecule has 2 rings (SSSR count). The molecule has 1 aliphatic rings. The molecule has 0 amide bonds. The molecule has 0 spiro atoms. The Morgan fingerprint density at radius 2 is 2.00 bits per heavy atom. The van der Waals surface area contributed by atoms with Crippen LogP contribution in [0.4, 0.5) is 5.69 Å². The lowest BCUT2D eigenvalue weighted by atomic mass is 9.98. The summed E-state index contributed by atoms with van der Waals surface area (Å²) in [6.45, 7) is 5.52. The number of piperazine rings is 1. The van der Waals surface area contributed by atoms with E-state index in [0.29, 0.717) is 0 Å². The van der Waals surface area contributed by atoms with Crippen molar-refractivity contribution in [3.63, 3.8) is 0 Å². The van der Waals surface area contributed by atoms with Gasteiger partial charge >= 0.3 is 5.97 Å². The Kier molecular flexibility index (Phi) is 3.64. The van der Waals surface area contributed by atoms with Gasteiger partial charge in [-0.05, 0) is 18.6 Å². The van der Waals surface area contributed by atoms with E-state index in [9.17, 15) is 4.79 Å². The van der Waals surface area contributed by atoms with Crippen molar-refractivity contribution in [1.29, 1.82) is 0 Å². The predicted octanol–water partition coefficient (Wildman–Crippen LogP) is 1.28. The summed E-state index contributed by atoms with van der Waals surface area (Å²) in [5.41, 5.74) is 1.96. The van der Waals surface area contributed by atoms with Crippen LogP contribution in [0.15, 0.2) is 24.3 Å². The highest BCUT2D eigenvalue weighted by atomic mass is 16.4. The van der Waals surface area contributed by atoms with Gasteiger partial charge in [0.15, 0.2) is 0 Å². The number of hydrogen-bond acceptors (Lipinski definition) is 3. The zero-order valence-electron chi connectivity index (χ0n) is 10.0. The van der Waals surface area contributed by atoms with Crippen molar-refractivity contribution in [2.45, 2.75) is 12.8 Å². The molecule has 0 bridgehead atoms. The van der Waals surface area contributed by atoms with E-state index in [2.05, 4.69) is 10.2 Å². The molecule has 0 aromatic heterocycles. The van der Waals surface area contributed by atoms with Crippen LogP contribution in [0.3, 0.4) is 0 Å². The molecule has 4 nitrogen and oxygen atoms in total. The zero-order valence-corrected chi connectivity index (χ0v) is 10.0. The van der Waals surface area contributed by atoms with Crippen LogP contribution in [0.5, 0.6) is 0 Å². The summed E-state index contributed by atoms with van der Waals surface area (Å²) in [6.07, 6.45) is 0. The van der Waals surface area contributed by atoms with E-state index in [1.807, 2.05) is 24.3 Å². The van der Waals surface area contributed by atoms with Gasteiger partial charge in [-0.2, -0.15) is 0 Å². The van der Waals surface area contributed by atoms with Crippen LogP contribution >= 0.6 is 0 Å². The van der Waals surface area contributed by atoms with Gasteiger partial charge in [-0.3, -0.25) is 4.79 Å². The normalized spacial score (nSPS) is 17.8. The lowest BCUT2D eigenvalue weighted by Gasteiger charge is -2.31. The van der Waals surface area contributed by atoms with Crippen LogP contribution in [0.25, 0.3) is 0 Å². The second-order valence-corrected chi connectivity index (χ2v) is 4.36. The quantitative estimate of drug-likeness (QED) is 0.827. The highest BCUT2D eigenvalue weighted by Gasteiger charge is 2.20. The Hall–Kier alpha value is -1.55. The number of para-hydroxylation sites is 1. The number of nitrogens with zero attached hydrogens (tertiary/aromatic N) is 1. The first-order chi connectivity index (χ1) is 8.20. The molecule has 1 unspecified atom stereocenters. The molecule has 0 saturated carbocycles. The highest BCUT2D eigenvalue weighted by molar-refractivity contribution is 5.78. The molecular weight excluding hydrogens is 216 g/mol. The van der Waals surface area contributed by atoms with Gasteiger partial charge in [0, 0.05) is 31.9 Å². The summed E-state index contributed by atoms with van der Waals surface area (Å²) in [5, 5.41) is 12.4. The van der Waals surface area contributed by atoms with Gasteiger partial charge in [0.05, 0.1) is 5.92 Å². The number of aliphatic carboxylic acids is 1. The maximum absolute atomic E-state index is 11.1. The SMILES string of the molecule is CC(C(=O)O)c1ccccc1N1CCNCC1. The Labute approximate surface area is 101 Å². The summed E-state index contributed by atoms with van der Waals surface area (Å²) in [7, 11) is 0. The fourth-order valence-electron chi connectivity index (χ4n) is 2.18. The van der Waals surface area contributed by atoms with Crippen LogP contribution in [0.1, 0.15) is 18.4 Å². The molecule has 1 heterocycles. The smallest absolute Gasteiger partial charge is 0.310 e. The van der Waals surface area contributed by atoms with Gasteiger partial charge < -0.3 is 15.3 Å². The summed E-state index contributed by atoms with van der Waals surface area (Å²) in [5.74, 6) is -1.23. The number of benzene rings is 1. The van der Waals surface area contributed by atoms with Crippen LogP contribution in [-0.4, -0.2) is 37.3 Å². The summed E-state index contributed by atoms with van der Waals surface area (Å²) in [4.78, 5) is 13.4. The topological polar surface area (TPSA) is 52.6 Å². The van der Waals surface area contributed by atoms with E-state index >= 15 is 0 Å². The summed E-state index contributed by atoms with van der Waals surface area (Å²) < 4.78 is 0. The summed E-state index contributed by atoms with van der Waals surface area (Å²) in [6, 6.07) is 7.80. The third-order valence-electron chi connectivity index (χ3n) is 3.23. The molecule has 17 heavy (non-hydrogen) atoms. The minimum absolute atomic E-state index is 0.457. The second-order valence-electron chi connectivity index (χ2n) is 4.36. The lowest BCUT2D eigenvalue weighted by Crippen LogP contribution is -2.44. The van der Waals surface area contributed by atoms with Crippen molar-refractivity contribution in [2.75, 3.05) is 31.1 Å². The molecule has 4 heteroatoms. The average Bonchev–Trinajstić information content (AvgIpc) is 2.39. The van der Waals surface area contributed by atoms with Gasteiger partial charge in [0.2, 0.25) is 0 Å². The molecule has 1 aromatic rings. The second kappa shape index (κ2) is 5.19. The summed E-state index contributed by atoms with van der Waals surface area (Å²) >= 11 is 0. The molecule has 1 aromatic carbocycles. The molecule has 0 aliphatic carbocycles. The van der Waals surface area contributed by atoms with Crippen molar-refractivity contribution in [2.24, 2.45) is 0 Å². The number of carbonyl (C=O) groups is 1. The van der Waals surface area contributed by atoms with E-state index in [0.717, 1.165) is 37.4 Å². The zero-order chi connectivity index (χ0) is 12.3. The van der Waals surface area contributed by atoms with E-state index in [1.165, 1.54) is 0 Å². The third-order valence-corrected chi connectivity index (χ3v) is 3.23. The van der Waals surface area contributed by atoms with Crippen molar-refractivity contribution in [1.82, 2.24) is 5.32 Å². The van der Waals surface area contributed by atoms with Crippen LogP contribution in [0, 0.1) is 0 Å². The number of carboxylic acid groups (broad SMARTS) is 1. The largest absolute Gasteiger partial charge is 0.481 e. The monoisotopic (exact) mass is 234 g/mol. The van der Waals surface area contributed by atoms with Gasteiger partial charge in [-0.15, -0.1) is 0 Å². The highest BCUT2D eigenvalue weighted by Crippen LogP contribution is 2.27. The number of anilines is 1. The third kappa shape index (κ3) is 2.58. The molecule has 2 N–H and O–H groups in total. The van der Waals surface area contributed by atoms with E-state index in [4.69, 9.17) is 5.11 Å². The van der Waals surface area contributed by atoms with Gasteiger partial charge in [-0.25, -0.2) is 0 Å². The van der Waals surface area contributed by atoms with Gasteiger partial charge in [0.25, 0.3) is 0 Å². The van der Waals surface area contributed by atoms with Crippen molar-refractivity contribution >= 4 is 11.7 Å². The van der Waals surface area contributed by atoms with Crippen LogP contribution < -0.4 is 10.2 Å². The molecule has 0 radical (unpaired) electrons. The molecule has 1 aliphatic heterocycles. The number of rotatable bonds is 3. The Balaban J connectivity index is 2.29. The fraction of sp³-hybridized carbons (Fsp3) is 0.462. The number of nitrogens with one attached hydrogen (secondary N) is 1. The first-order valence-corrected chi connectivity index (χ1v) is 5.97. The van der Waals surface area contributed by atoms with Gasteiger partial charge in [0.1, 0.15) is 0 Å². The van der Waals surface area contributed by atoms with Crippen LogP contribution in [-0.2, 0) is 4.79 Å². The van der Waals surface area contributed by atoms with Gasteiger partial charge in [-0.1, -0.05) is 18.2 Å². The van der Waals surface area contributed by atoms with E-state index < -0.39 is 11.9 Å². The minimum atomic E-state index is -0.771. The van der Waals surface area contributed by atoms with Crippen molar-refractivity contribution in [3.05, 3.63) is 29.8 Å². The van der Waals surface area contributed by atoms with Crippen molar-refractivity contribution < 1.29 is 9.90 Å². The minimum Gasteiger partial charge on any atom is -0.481 e. The Bertz CT molecular complexity index is 400. The Morgan fingerprint density at radius 3 is 2.65 bits per heavy atom. The van der Waals surface area contributed by atoms with Crippen LogP contribution in [0.2, 0.25) is 0 Å². The lowest BCUT2D eigenvalue weighted by molar-refractivity contribution is -0.138. The Morgan fingerprint density at radius 1 is 1.35 bits per heavy atom. The predicted molar refractivity (Wildman–Crippen MR) is 67.6 cm³/mol. The number of carboxylic acids is 1. The maximum atomic E-state index is 11.1. The standard InChI is InChI=1S/C13H18N2O2/c1-10(13(16)17)11-4-2-3-5-12(11)15-8-6-14-7-9-15/h2-5,10,14H,6-9H2,1H3,(H,16,17). The number of hydrogen-bond donors (Lipinski definition) is 2. The molecule has 1 atom stereocenters. The molecule has 1 fully saturated rings. The van der Waals surface area contributed by atoms with Crippen molar-refractivity contribution in [3.8, 4) is 0 Å².